The van der Waals surface area contributed by atoms with Crippen LogP contribution in [0.1, 0.15) is 37.9 Å². The summed E-state index contributed by atoms with van der Waals surface area (Å²) in [5.41, 5.74) is 0.832. The van der Waals surface area contributed by atoms with E-state index in [1.54, 1.807) is 63.2 Å². The molecule has 1 atom stereocenters. The maximum Gasteiger partial charge on any atom is 0.408 e. The van der Waals surface area contributed by atoms with Crippen molar-refractivity contribution in [3.05, 3.63) is 63.6 Å². The Morgan fingerprint density at radius 1 is 1.11 bits per heavy atom. The third-order valence-corrected chi connectivity index (χ3v) is 4.31. The Hall–Kier alpha value is -1.95. The fourth-order valence-electron chi connectivity index (χ4n) is 2.31. The quantitative estimate of drug-likeness (QED) is 0.690. The summed E-state index contributed by atoms with van der Waals surface area (Å²) in [5, 5.41) is 13.3. The van der Waals surface area contributed by atoms with E-state index in [0.29, 0.717) is 21.4 Å². The number of alkyl carbamates (subject to hydrolysis) is 1. The lowest BCUT2D eigenvalue weighted by atomic mass is 10.1. The molecule has 0 aromatic heterocycles. The summed E-state index contributed by atoms with van der Waals surface area (Å²) in [6.45, 7) is 5.31. The van der Waals surface area contributed by atoms with Gasteiger partial charge in [0, 0.05) is 15.6 Å². The molecule has 2 aromatic rings. The molecule has 0 unspecified atom stereocenters. The van der Waals surface area contributed by atoms with Gasteiger partial charge in [0.15, 0.2) is 0 Å². The van der Waals surface area contributed by atoms with E-state index in [0.717, 1.165) is 5.56 Å². The fourth-order valence-corrected chi connectivity index (χ4v) is 2.81. The molecule has 27 heavy (non-hydrogen) atoms. The smallest absolute Gasteiger partial charge is 0.408 e. The van der Waals surface area contributed by atoms with Crippen molar-refractivity contribution >= 4 is 29.3 Å². The zero-order chi connectivity index (χ0) is 20.0. The van der Waals surface area contributed by atoms with Crippen molar-refractivity contribution in [3.63, 3.8) is 0 Å². The molecule has 5 nitrogen and oxygen atoms in total. The number of carbonyl (C=O) groups excluding carboxylic acids is 1. The third-order valence-electron chi connectivity index (χ3n) is 3.60. The van der Waals surface area contributed by atoms with E-state index in [1.165, 1.54) is 0 Å². The van der Waals surface area contributed by atoms with Gasteiger partial charge in [-0.05, 0) is 50.6 Å². The Morgan fingerprint density at radius 2 is 1.70 bits per heavy atom. The lowest BCUT2D eigenvalue weighted by molar-refractivity contribution is 0.0482. The van der Waals surface area contributed by atoms with Crippen molar-refractivity contribution < 1.29 is 19.4 Å². The highest BCUT2D eigenvalue weighted by Gasteiger charge is 2.20. The van der Waals surface area contributed by atoms with Gasteiger partial charge in [-0.15, -0.1) is 0 Å². The monoisotopic (exact) mass is 411 g/mol. The Balaban J connectivity index is 1.99. The molecule has 0 bridgehead atoms. The van der Waals surface area contributed by atoms with Crippen LogP contribution in [0.2, 0.25) is 10.0 Å². The molecule has 0 aliphatic rings. The summed E-state index contributed by atoms with van der Waals surface area (Å²) in [5.74, 6) is 0.615. The summed E-state index contributed by atoms with van der Waals surface area (Å²) in [6.07, 6.45) is -0.588. The van der Waals surface area contributed by atoms with Crippen molar-refractivity contribution in [2.75, 3.05) is 6.61 Å². The van der Waals surface area contributed by atoms with Crippen LogP contribution in [0.4, 0.5) is 4.79 Å². The zero-order valence-corrected chi connectivity index (χ0v) is 17.0. The summed E-state index contributed by atoms with van der Waals surface area (Å²) in [4.78, 5) is 11.9. The van der Waals surface area contributed by atoms with Crippen LogP contribution in [0.15, 0.2) is 42.5 Å². The van der Waals surface area contributed by atoms with Crippen molar-refractivity contribution in [1.29, 1.82) is 0 Å². The third kappa shape index (κ3) is 6.61. The number of benzene rings is 2. The van der Waals surface area contributed by atoms with Gasteiger partial charge in [0.05, 0.1) is 12.6 Å². The topological polar surface area (TPSA) is 67.8 Å². The van der Waals surface area contributed by atoms with Gasteiger partial charge >= 0.3 is 6.09 Å². The molecule has 146 valence electrons. The Labute approximate surface area is 169 Å². The second-order valence-electron chi connectivity index (χ2n) is 6.94. The maximum absolute atomic E-state index is 11.9. The average Bonchev–Trinajstić information content (AvgIpc) is 2.58. The summed E-state index contributed by atoms with van der Waals surface area (Å²) in [7, 11) is 0. The number of hydrogen-bond acceptors (Lipinski definition) is 4. The molecule has 0 spiro atoms. The van der Waals surface area contributed by atoms with Gasteiger partial charge < -0.3 is 19.9 Å². The number of rotatable bonds is 6. The van der Waals surface area contributed by atoms with E-state index in [2.05, 4.69) is 5.32 Å². The van der Waals surface area contributed by atoms with E-state index >= 15 is 0 Å². The van der Waals surface area contributed by atoms with Gasteiger partial charge in [-0.25, -0.2) is 4.79 Å². The molecular formula is C20H23Cl2NO4. The lowest BCUT2D eigenvalue weighted by Crippen LogP contribution is -2.36. The van der Waals surface area contributed by atoms with Crippen LogP contribution >= 0.6 is 23.2 Å². The molecule has 0 radical (unpaired) electrons. The van der Waals surface area contributed by atoms with Gasteiger partial charge in [0.1, 0.15) is 18.0 Å². The highest BCUT2D eigenvalue weighted by Crippen LogP contribution is 2.26. The van der Waals surface area contributed by atoms with Crippen molar-refractivity contribution in [2.45, 2.75) is 39.0 Å². The van der Waals surface area contributed by atoms with Crippen LogP contribution in [0.25, 0.3) is 0 Å². The van der Waals surface area contributed by atoms with Gasteiger partial charge in [-0.3, -0.25) is 0 Å². The van der Waals surface area contributed by atoms with Gasteiger partial charge in [0.2, 0.25) is 0 Å². The minimum Gasteiger partial charge on any atom is -0.489 e. The molecule has 0 saturated carbocycles. The van der Waals surface area contributed by atoms with Crippen LogP contribution in [0.5, 0.6) is 5.75 Å². The molecule has 2 rings (SSSR count). The molecule has 2 aromatic carbocycles. The second-order valence-corrected chi connectivity index (χ2v) is 7.75. The normalized spacial score (nSPS) is 12.4. The first-order chi connectivity index (χ1) is 12.7. The lowest BCUT2D eigenvalue weighted by Gasteiger charge is -2.23. The second kappa shape index (κ2) is 9.31. The van der Waals surface area contributed by atoms with Gasteiger partial charge in [0.25, 0.3) is 0 Å². The fraction of sp³-hybridized carbons (Fsp3) is 0.350. The van der Waals surface area contributed by atoms with Gasteiger partial charge in [-0.2, -0.15) is 0 Å². The van der Waals surface area contributed by atoms with E-state index in [-0.39, 0.29) is 13.2 Å². The van der Waals surface area contributed by atoms with E-state index in [4.69, 9.17) is 32.7 Å². The van der Waals surface area contributed by atoms with Gasteiger partial charge in [-0.1, -0.05) is 41.4 Å². The number of hydrogen-bond donors (Lipinski definition) is 2. The maximum atomic E-state index is 11.9. The van der Waals surface area contributed by atoms with Crippen LogP contribution in [0, 0.1) is 0 Å². The molecule has 1 amide bonds. The van der Waals surface area contributed by atoms with E-state index < -0.39 is 17.7 Å². The molecular weight excluding hydrogens is 389 g/mol. The predicted molar refractivity (Wildman–Crippen MR) is 106 cm³/mol. The van der Waals surface area contributed by atoms with Crippen LogP contribution in [-0.2, 0) is 11.3 Å². The molecule has 0 aliphatic heterocycles. The van der Waals surface area contributed by atoms with E-state index in [9.17, 15) is 9.90 Å². The highest BCUT2D eigenvalue weighted by molar-refractivity contribution is 6.35. The molecule has 0 aliphatic carbocycles. The number of aliphatic hydroxyl groups excluding tert-OH is 1. The number of nitrogens with one attached hydrogen (secondary N) is 1. The standard InChI is InChI=1S/C20H23Cl2NO4/c1-20(2,3)27-19(25)23-18(11-24)13-7-9-14(10-8-13)26-12-15-16(21)5-4-6-17(15)22/h4-10,18,24H,11-12H2,1-3H3,(H,23,25)/t18-/m1/s1. The summed E-state index contributed by atoms with van der Waals surface area (Å²) < 4.78 is 10.9. The summed E-state index contributed by atoms with van der Waals surface area (Å²) in [6, 6.07) is 11.7. The van der Waals surface area contributed by atoms with Crippen LogP contribution in [0.3, 0.4) is 0 Å². The SMILES string of the molecule is CC(C)(C)OC(=O)N[C@H](CO)c1ccc(OCc2c(Cl)cccc2Cl)cc1. The zero-order valence-electron chi connectivity index (χ0n) is 15.5. The first-order valence-electron chi connectivity index (χ1n) is 8.45. The highest BCUT2D eigenvalue weighted by atomic mass is 35.5. The average molecular weight is 412 g/mol. The first-order valence-corrected chi connectivity index (χ1v) is 9.21. The molecule has 0 saturated heterocycles. The number of carbonyl (C=O) groups is 1. The Kier molecular flexibility index (Phi) is 7.36. The number of halogens is 2. The molecule has 0 fully saturated rings. The van der Waals surface area contributed by atoms with Crippen molar-refractivity contribution in [1.82, 2.24) is 5.32 Å². The molecule has 7 heteroatoms. The Bertz CT molecular complexity index is 752. The minimum atomic E-state index is -0.609. The first kappa shape index (κ1) is 21.4. The van der Waals surface area contributed by atoms with Crippen molar-refractivity contribution in [2.24, 2.45) is 0 Å². The Morgan fingerprint density at radius 3 is 2.22 bits per heavy atom. The van der Waals surface area contributed by atoms with Crippen molar-refractivity contribution in [3.8, 4) is 5.75 Å². The summed E-state index contributed by atoms with van der Waals surface area (Å²) >= 11 is 12.3. The number of ether oxygens (including phenoxy) is 2. The van der Waals surface area contributed by atoms with E-state index in [1.807, 2.05) is 0 Å². The largest absolute Gasteiger partial charge is 0.489 e. The number of amides is 1. The molecule has 2 N–H and O–H groups in total. The predicted octanol–water partition coefficient (Wildman–Crippen LogP) is 5.13. The van der Waals surface area contributed by atoms with Crippen LogP contribution < -0.4 is 10.1 Å². The number of aliphatic hydroxyl groups is 1. The minimum absolute atomic E-state index is 0.234. The molecule has 0 heterocycles. The van der Waals surface area contributed by atoms with Crippen LogP contribution in [-0.4, -0.2) is 23.4 Å².